The van der Waals surface area contributed by atoms with Crippen LogP contribution in [0.3, 0.4) is 0 Å². The molecular formula is C17H19ClN2O5. The fourth-order valence-electron chi connectivity index (χ4n) is 1.94. The summed E-state index contributed by atoms with van der Waals surface area (Å²) in [4.78, 5) is 24.1. The van der Waals surface area contributed by atoms with Crippen LogP contribution < -0.4 is 5.32 Å². The minimum atomic E-state index is -0.738. The summed E-state index contributed by atoms with van der Waals surface area (Å²) in [5.74, 6) is -0.611. The molecule has 1 aromatic carbocycles. The summed E-state index contributed by atoms with van der Waals surface area (Å²) in [5, 5.41) is 6.81. The van der Waals surface area contributed by atoms with Crippen molar-refractivity contribution >= 4 is 29.5 Å². The molecule has 2 rings (SSSR count). The number of halogens is 1. The SMILES string of the molecule is CCOC(=O)c1c(-c2ccc(Cl)cc2)noc1NC(=O)OCC(C)C. The largest absolute Gasteiger partial charge is 0.462 e. The molecule has 0 bridgehead atoms. The predicted molar refractivity (Wildman–Crippen MR) is 92.7 cm³/mol. The first-order valence-corrected chi connectivity index (χ1v) is 8.16. The van der Waals surface area contributed by atoms with Gasteiger partial charge in [0.25, 0.3) is 0 Å². The van der Waals surface area contributed by atoms with E-state index in [1.807, 2.05) is 13.8 Å². The number of aromatic nitrogens is 1. The highest BCUT2D eigenvalue weighted by atomic mass is 35.5. The molecule has 1 aromatic heterocycles. The van der Waals surface area contributed by atoms with E-state index >= 15 is 0 Å². The Morgan fingerprint density at radius 1 is 1.24 bits per heavy atom. The predicted octanol–water partition coefficient (Wildman–Crippen LogP) is 4.38. The molecule has 0 atom stereocenters. The Morgan fingerprint density at radius 2 is 1.92 bits per heavy atom. The van der Waals surface area contributed by atoms with E-state index in [2.05, 4.69) is 10.5 Å². The maximum absolute atomic E-state index is 12.3. The second kappa shape index (κ2) is 8.53. The lowest BCUT2D eigenvalue weighted by Crippen LogP contribution is -2.18. The Labute approximate surface area is 150 Å². The van der Waals surface area contributed by atoms with Crippen molar-refractivity contribution in [2.45, 2.75) is 20.8 Å². The minimum absolute atomic E-state index is 0.0191. The van der Waals surface area contributed by atoms with Gasteiger partial charge < -0.3 is 14.0 Å². The van der Waals surface area contributed by atoms with Gasteiger partial charge in [0.15, 0.2) is 5.56 Å². The topological polar surface area (TPSA) is 90.7 Å². The van der Waals surface area contributed by atoms with E-state index in [1.165, 1.54) is 0 Å². The Morgan fingerprint density at radius 3 is 2.52 bits per heavy atom. The maximum Gasteiger partial charge on any atom is 0.414 e. The summed E-state index contributed by atoms with van der Waals surface area (Å²) in [6.07, 6.45) is -0.738. The molecule has 0 saturated heterocycles. The molecular weight excluding hydrogens is 348 g/mol. The normalized spacial score (nSPS) is 10.6. The molecule has 0 radical (unpaired) electrons. The van der Waals surface area contributed by atoms with E-state index in [1.54, 1.807) is 31.2 Å². The molecule has 0 aliphatic rings. The highest BCUT2D eigenvalue weighted by molar-refractivity contribution is 6.30. The Balaban J connectivity index is 2.32. The van der Waals surface area contributed by atoms with Crippen LogP contribution in [-0.4, -0.2) is 30.4 Å². The zero-order valence-electron chi connectivity index (χ0n) is 14.2. The summed E-state index contributed by atoms with van der Waals surface area (Å²) < 4.78 is 15.2. The summed E-state index contributed by atoms with van der Waals surface area (Å²) in [5.41, 5.74) is 0.861. The summed E-state index contributed by atoms with van der Waals surface area (Å²) in [7, 11) is 0. The van der Waals surface area contributed by atoms with Crippen LogP contribution in [0.15, 0.2) is 28.8 Å². The van der Waals surface area contributed by atoms with Crippen molar-refractivity contribution in [1.82, 2.24) is 5.16 Å². The van der Waals surface area contributed by atoms with Crippen LogP contribution in [0.1, 0.15) is 31.1 Å². The lowest BCUT2D eigenvalue weighted by Gasteiger charge is -2.08. The van der Waals surface area contributed by atoms with Crippen molar-refractivity contribution in [2.24, 2.45) is 5.92 Å². The van der Waals surface area contributed by atoms with Crippen LogP contribution in [0.4, 0.5) is 10.7 Å². The zero-order chi connectivity index (χ0) is 18.4. The average molecular weight is 367 g/mol. The monoisotopic (exact) mass is 366 g/mol. The van der Waals surface area contributed by atoms with Crippen molar-refractivity contribution in [1.29, 1.82) is 0 Å². The van der Waals surface area contributed by atoms with Gasteiger partial charge in [-0.25, -0.2) is 9.59 Å². The number of ether oxygens (including phenoxy) is 2. The third-order valence-corrected chi connectivity index (χ3v) is 3.30. The highest BCUT2D eigenvalue weighted by Gasteiger charge is 2.27. The number of hydrogen-bond donors (Lipinski definition) is 1. The van der Waals surface area contributed by atoms with Crippen LogP contribution in [0.2, 0.25) is 5.02 Å². The van der Waals surface area contributed by atoms with Crippen LogP contribution in [0, 0.1) is 5.92 Å². The number of nitrogens with zero attached hydrogens (tertiary/aromatic N) is 1. The number of amides is 1. The molecule has 1 N–H and O–H groups in total. The van der Waals surface area contributed by atoms with E-state index in [4.69, 9.17) is 25.6 Å². The number of anilines is 1. The van der Waals surface area contributed by atoms with Crippen LogP contribution in [-0.2, 0) is 9.47 Å². The zero-order valence-corrected chi connectivity index (χ0v) is 14.9. The molecule has 134 valence electrons. The second-order valence-electron chi connectivity index (χ2n) is 5.58. The Hall–Kier alpha value is -2.54. The summed E-state index contributed by atoms with van der Waals surface area (Å²) >= 11 is 5.88. The van der Waals surface area contributed by atoms with Crippen molar-refractivity contribution in [3.05, 3.63) is 34.9 Å². The number of carbonyl (C=O) groups excluding carboxylic acids is 2. The molecule has 7 nitrogen and oxygen atoms in total. The van der Waals surface area contributed by atoms with Gasteiger partial charge in [-0.1, -0.05) is 42.7 Å². The second-order valence-corrected chi connectivity index (χ2v) is 6.02. The quantitative estimate of drug-likeness (QED) is 0.763. The summed E-state index contributed by atoms with van der Waals surface area (Å²) in [6.45, 7) is 5.90. The lowest BCUT2D eigenvalue weighted by atomic mass is 10.1. The standard InChI is InChI=1S/C17H19ClN2O5/c1-4-23-16(21)13-14(11-5-7-12(18)8-6-11)20-25-15(13)19-17(22)24-9-10(2)3/h5-8,10H,4,9H2,1-3H3,(H,19,22). The van der Waals surface area contributed by atoms with Crippen molar-refractivity contribution in [2.75, 3.05) is 18.5 Å². The number of nitrogens with one attached hydrogen (secondary N) is 1. The number of carbonyl (C=O) groups is 2. The van der Waals surface area contributed by atoms with Crippen LogP contribution in [0.5, 0.6) is 0 Å². The molecule has 0 spiro atoms. The van der Waals surface area contributed by atoms with E-state index < -0.39 is 12.1 Å². The van der Waals surface area contributed by atoms with Crippen molar-refractivity contribution in [3.8, 4) is 11.3 Å². The number of esters is 1. The van der Waals surface area contributed by atoms with E-state index in [0.29, 0.717) is 10.6 Å². The maximum atomic E-state index is 12.3. The highest BCUT2D eigenvalue weighted by Crippen LogP contribution is 2.30. The first-order chi connectivity index (χ1) is 11.9. The molecule has 0 unspecified atom stereocenters. The molecule has 8 heteroatoms. The number of hydrogen-bond acceptors (Lipinski definition) is 6. The third kappa shape index (κ3) is 4.96. The third-order valence-electron chi connectivity index (χ3n) is 3.05. The van der Waals surface area contributed by atoms with Crippen LogP contribution >= 0.6 is 11.6 Å². The fraction of sp³-hybridized carbons (Fsp3) is 0.353. The molecule has 0 aliphatic heterocycles. The number of rotatable bonds is 6. The lowest BCUT2D eigenvalue weighted by molar-refractivity contribution is 0.0528. The molecule has 0 fully saturated rings. The molecule has 2 aromatic rings. The molecule has 1 heterocycles. The van der Waals surface area contributed by atoms with Gasteiger partial charge in [0.1, 0.15) is 5.69 Å². The van der Waals surface area contributed by atoms with Gasteiger partial charge in [0, 0.05) is 10.6 Å². The van der Waals surface area contributed by atoms with Gasteiger partial charge in [-0.05, 0) is 25.0 Å². The van der Waals surface area contributed by atoms with E-state index in [9.17, 15) is 9.59 Å². The smallest absolute Gasteiger partial charge is 0.414 e. The first-order valence-electron chi connectivity index (χ1n) is 7.78. The Bertz CT molecular complexity index is 740. The van der Waals surface area contributed by atoms with Crippen molar-refractivity contribution < 1.29 is 23.6 Å². The minimum Gasteiger partial charge on any atom is -0.462 e. The Kier molecular flexibility index (Phi) is 6.41. The van der Waals surface area contributed by atoms with Gasteiger partial charge in [-0.2, -0.15) is 0 Å². The summed E-state index contributed by atoms with van der Waals surface area (Å²) in [6, 6.07) is 6.68. The molecule has 1 amide bonds. The van der Waals surface area contributed by atoms with Gasteiger partial charge in [-0.15, -0.1) is 0 Å². The van der Waals surface area contributed by atoms with E-state index in [-0.39, 0.29) is 36.3 Å². The molecule has 0 aliphatic carbocycles. The molecule has 25 heavy (non-hydrogen) atoms. The van der Waals surface area contributed by atoms with Gasteiger partial charge >= 0.3 is 12.1 Å². The molecule has 0 saturated carbocycles. The van der Waals surface area contributed by atoms with Gasteiger partial charge in [-0.3, -0.25) is 5.32 Å². The average Bonchev–Trinajstić information content (AvgIpc) is 2.97. The number of benzene rings is 1. The van der Waals surface area contributed by atoms with E-state index in [0.717, 1.165) is 0 Å². The first kappa shape index (κ1) is 18.8. The van der Waals surface area contributed by atoms with Crippen molar-refractivity contribution in [3.63, 3.8) is 0 Å². The van der Waals surface area contributed by atoms with Gasteiger partial charge in [0.2, 0.25) is 5.88 Å². The van der Waals surface area contributed by atoms with Gasteiger partial charge in [0.05, 0.1) is 13.2 Å². The van der Waals surface area contributed by atoms with Crippen LogP contribution in [0.25, 0.3) is 11.3 Å². The fourth-order valence-corrected chi connectivity index (χ4v) is 2.07.